The molecule has 5 heteroatoms. The van der Waals surface area contributed by atoms with Gasteiger partial charge in [-0.25, -0.2) is 0 Å². The van der Waals surface area contributed by atoms with Gasteiger partial charge >= 0.3 is 0 Å². The molecular formula is C14H28N2O3. The monoisotopic (exact) mass is 272 g/mol. The Morgan fingerprint density at radius 2 is 1.84 bits per heavy atom. The SMILES string of the molecule is CCOCCN(CCOCC)C(=O)CC1CCNC1. The number of rotatable bonds is 10. The maximum absolute atomic E-state index is 12.3. The van der Waals surface area contributed by atoms with Crippen LogP contribution in [0.5, 0.6) is 0 Å². The van der Waals surface area contributed by atoms with Crippen LogP contribution in [0.1, 0.15) is 26.7 Å². The molecule has 112 valence electrons. The van der Waals surface area contributed by atoms with Crippen molar-refractivity contribution in [1.82, 2.24) is 10.2 Å². The first-order valence-electron chi connectivity index (χ1n) is 7.41. The number of carbonyl (C=O) groups excluding carboxylic acids is 1. The summed E-state index contributed by atoms with van der Waals surface area (Å²) in [5.74, 6) is 0.724. The van der Waals surface area contributed by atoms with Crippen molar-refractivity contribution in [2.75, 3.05) is 52.6 Å². The highest BCUT2D eigenvalue weighted by Crippen LogP contribution is 2.13. The van der Waals surface area contributed by atoms with Crippen LogP contribution in [-0.2, 0) is 14.3 Å². The van der Waals surface area contributed by atoms with E-state index < -0.39 is 0 Å². The lowest BCUT2D eigenvalue weighted by Gasteiger charge is -2.23. The summed E-state index contributed by atoms with van der Waals surface area (Å²) < 4.78 is 10.7. The third kappa shape index (κ3) is 6.89. The van der Waals surface area contributed by atoms with Gasteiger partial charge in [0.05, 0.1) is 13.2 Å². The number of amides is 1. The molecule has 1 aliphatic heterocycles. The molecule has 0 aromatic heterocycles. The Kier molecular flexibility index (Phi) is 8.79. The first-order valence-corrected chi connectivity index (χ1v) is 7.41. The van der Waals surface area contributed by atoms with E-state index in [4.69, 9.17) is 9.47 Å². The normalized spacial score (nSPS) is 18.7. The van der Waals surface area contributed by atoms with Crippen molar-refractivity contribution in [1.29, 1.82) is 0 Å². The summed E-state index contributed by atoms with van der Waals surface area (Å²) in [4.78, 5) is 14.2. The van der Waals surface area contributed by atoms with Crippen molar-refractivity contribution in [2.24, 2.45) is 5.92 Å². The van der Waals surface area contributed by atoms with Gasteiger partial charge in [-0.05, 0) is 39.3 Å². The lowest BCUT2D eigenvalue weighted by atomic mass is 10.0. The molecule has 1 N–H and O–H groups in total. The molecule has 0 radical (unpaired) electrons. The van der Waals surface area contributed by atoms with E-state index in [1.165, 1.54) is 0 Å². The summed E-state index contributed by atoms with van der Waals surface area (Å²) in [5.41, 5.74) is 0. The van der Waals surface area contributed by atoms with E-state index in [2.05, 4.69) is 5.32 Å². The molecule has 1 atom stereocenters. The van der Waals surface area contributed by atoms with E-state index in [1.54, 1.807) is 0 Å². The third-order valence-electron chi connectivity index (χ3n) is 3.40. The average molecular weight is 272 g/mol. The number of hydrogen-bond acceptors (Lipinski definition) is 4. The van der Waals surface area contributed by atoms with Crippen LogP contribution < -0.4 is 5.32 Å². The van der Waals surface area contributed by atoms with Crippen molar-refractivity contribution < 1.29 is 14.3 Å². The fraction of sp³-hybridized carbons (Fsp3) is 0.929. The molecule has 19 heavy (non-hydrogen) atoms. The minimum atomic E-state index is 0.230. The van der Waals surface area contributed by atoms with Crippen molar-refractivity contribution in [2.45, 2.75) is 26.7 Å². The molecule has 1 amide bonds. The minimum Gasteiger partial charge on any atom is -0.380 e. The maximum Gasteiger partial charge on any atom is 0.223 e. The number of hydrogen-bond donors (Lipinski definition) is 1. The molecular weight excluding hydrogens is 244 g/mol. The van der Waals surface area contributed by atoms with Gasteiger partial charge in [0.25, 0.3) is 0 Å². The van der Waals surface area contributed by atoms with Crippen molar-refractivity contribution in [3.05, 3.63) is 0 Å². The molecule has 0 aliphatic carbocycles. The maximum atomic E-state index is 12.3. The van der Waals surface area contributed by atoms with Crippen LogP contribution in [0.25, 0.3) is 0 Å². The largest absolute Gasteiger partial charge is 0.380 e. The highest BCUT2D eigenvalue weighted by molar-refractivity contribution is 5.76. The van der Waals surface area contributed by atoms with E-state index >= 15 is 0 Å². The zero-order valence-corrected chi connectivity index (χ0v) is 12.3. The van der Waals surface area contributed by atoms with Gasteiger partial charge in [-0.2, -0.15) is 0 Å². The van der Waals surface area contributed by atoms with Gasteiger partial charge in [-0.3, -0.25) is 4.79 Å². The molecule has 1 rings (SSSR count). The van der Waals surface area contributed by atoms with Gasteiger partial charge < -0.3 is 19.7 Å². The van der Waals surface area contributed by atoms with Crippen LogP contribution in [0, 0.1) is 5.92 Å². The Bertz CT molecular complexity index is 233. The zero-order chi connectivity index (χ0) is 13.9. The summed E-state index contributed by atoms with van der Waals surface area (Å²) in [7, 11) is 0. The van der Waals surface area contributed by atoms with Gasteiger partial charge in [-0.1, -0.05) is 0 Å². The minimum absolute atomic E-state index is 0.230. The van der Waals surface area contributed by atoms with E-state index in [-0.39, 0.29) is 5.91 Å². The molecule has 1 fully saturated rings. The van der Waals surface area contributed by atoms with Crippen LogP contribution in [0.15, 0.2) is 0 Å². The topological polar surface area (TPSA) is 50.8 Å². The molecule has 5 nitrogen and oxygen atoms in total. The molecule has 0 saturated carbocycles. The van der Waals surface area contributed by atoms with Gasteiger partial charge in [0.2, 0.25) is 5.91 Å². The Labute approximate surface area is 116 Å². The number of carbonyl (C=O) groups is 1. The van der Waals surface area contributed by atoms with Crippen LogP contribution in [-0.4, -0.2) is 63.4 Å². The molecule has 1 heterocycles. The predicted molar refractivity (Wildman–Crippen MR) is 75.2 cm³/mol. The molecule has 0 aromatic rings. The highest BCUT2D eigenvalue weighted by atomic mass is 16.5. The Hall–Kier alpha value is -0.650. The molecule has 0 aromatic carbocycles. The second kappa shape index (κ2) is 10.2. The first kappa shape index (κ1) is 16.4. The van der Waals surface area contributed by atoms with E-state index in [0.29, 0.717) is 51.9 Å². The third-order valence-corrected chi connectivity index (χ3v) is 3.40. The number of nitrogens with one attached hydrogen (secondary N) is 1. The zero-order valence-electron chi connectivity index (χ0n) is 12.3. The van der Waals surface area contributed by atoms with E-state index in [0.717, 1.165) is 19.5 Å². The van der Waals surface area contributed by atoms with Crippen molar-refractivity contribution >= 4 is 5.91 Å². The Balaban J connectivity index is 2.33. The molecule has 0 bridgehead atoms. The van der Waals surface area contributed by atoms with Gasteiger partial charge in [-0.15, -0.1) is 0 Å². The second-order valence-corrected chi connectivity index (χ2v) is 4.84. The Morgan fingerprint density at radius 3 is 2.32 bits per heavy atom. The van der Waals surface area contributed by atoms with Crippen molar-refractivity contribution in [3.63, 3.8) is 0 Å². The lowest BCUT2D eigenvalue weighted by molar-refractivity contribution is -0.133. The lowest BCUT2D eigenvalue weighted by Crippen LogP contribution is -2.37. The summed E-state index contributed by atoms with van der Waals surface area (Å²) >= 11 is 0. The smallest absolute Gasteiger partial charge is 0.223 e. The standard InChI is InChI=1S/C14H28N2O3/c1-3-18-9-7-16(8-10-19-4-2)14(17)11-13-5-6-15-12-13/h13,15H,3-12H2,1-2H3. The predicted octanol–water partition coefficient (Wildman–Crippen LogP) is 0.888. The number of ether oxygens (including phenoxy) is 2. The summed E-state index contributed by atoms with van der Waals surface area (Å²) in [6.07, 6.45) is 1.75. The van der Waals surface area contributed by atoms with Gasteiger partial charge in [0, 0.05) is 32.7 Å². The van der Waals surface area contributed by atoms with Gasteiger partial charge in [0.15, 0.2) is 0 Å². The van der Waals surface area contributed by atoms with Crippen LogP contribution in [0.3, 0.4) is 0 Å². The molecule has 1 aliphatic rings. The first-order chi connectivity index (χ1) is 9.27. The highest BCUT2D eigenvalue weighted by Gasteiger charge is 2.21. The Morgan fingerprint density at radius 1 is 1.21 bits per heavy atom. The molecule has 1 saturated heterocycles. The van der Waals surface area contributed by atoms with Crippen molar-refractivity contribution in [3.8, 4) is 0 Å². The van der Waals surface area contributed by atoms with Crippen LogP contribution in [0.2, 0.25) is 0 Å². The van der Waals surface area contributed by atoms with E-state index in [1.807, 2.05) is 18.7 Å². The summed E-state index contributed by atoms with van der Waals surface area (Å²) in [5, 5.41) is 3.30. The number of nitrogens with zero attached hydrogens (tertiary/aromatic N) is 1. The summed E-state index contributed by atoms with van der Waals surface area (Å²) in [6, 6.07) is 0. The van der Waals surface area contributed by atoms with Crippen LogP contribution >= 0.6 is 0 Å². The average Bonchev–Trinajstić information content (AvgIpc) is 2.90. The summed E-state index contributed by atoms with van der Waals surface area (Å²) in [6.45, 7) is 9.88. The fourth-order valence-electron chi connectivity index (χ4n) is 2.26. The van der Waals surface area contributed by atoms with Crippen LogP contribution in [0.4, 0.5) is 0 Å². The fourth-order valence-corrected chi connectivity index (χ4v) is 2.26. The molecule has 0 spiro atoms. The quantitative estimate of drug-likeness (QED) is 0.600. The van der Waals surface area contributed by atoms with E-state index in [9.17, 15) is 4.79 Å². The second-order valence-electron chi connectivity index (χ2n) is 4.84. The van der Waals surface area contributed by atoms with Gasteiger partial charge in [0.1, 0.15) is 0 Å². The molecule has 1 unspecified atom stereocenters.